The molecule has 14 heteroatoms. The van der Waals surface area contributed by atoms with Crippen molar-refractivity contribution in [1.82, 2.24) is 0 Å². The first-order valence-corrected chi connectivity index (χ1v) is 20.4. The van der Waals surface area contributed by atoms with E-state index in [-0.39, 0.29) is 29.7 Å². The number of rotatable bonds is 9. The first-order valence-electron chi connectivity index (χ1n) is 19.2. The van der Waals surface area contributed by atoms with E-state index in [1.165, 1.54) is 26.0 Å². The van der Waals surface area contributed by atoms with Crippen LogP contribution in [-0.4, -0.2) is 103 Å². The van der Waals surface area contributed by atoms with Gasteiger partial charge in [0, 0.05) is 30.1 Å². The minimum Gasteiger partial charge on any atom is -0.456 e. The number of Topliss-reactive ketones (excluding diaryl/α,β-unsaturated/α-hetero) is 1. The quantitative estimate of drug-likeness (QED) is 0.139. The lowest BCUT2D eigenvalue weighted by Crippen LogP contribution is -2.81. The van der Waals surface area contributed by atoms with Gasteiger partial charge in [-0.25, -0.2) is 9.59 Å². The summed E-state index contributed by atoms with van der Waals surface area (Å²) in [6.45, 7) is 6.91. The molecular formula is C44H48O13S. The molecule has 1 heterocycles. The van der Waals surface area contributed by atoms with Crippen molar-refractivity contribution >= 4 is 34.5 Å². The molecule has 308 valence electrons. The van der Waals surface area contributed by atoms with Gasteiger partial charge in [0.05, 0.1) is 40.4 Å². The van der Waals surface area contributed by atoms with Gasteiger partial charge in [0.25, 0.3) is 0 Å². The van der Waals surface area contributed by atoms with Crippen LogP contribution in [0.2, 0.25) is 0 Å². The molecule has 4 aliphatic rings. The first-order chi connectivity index (χ1) is 27.4. The third-order valence-electron chi connectivity index (χ3n) is 13.0. The maximum absolute atomic E-state index is 15.0. The SMILES string of the molecule is CC(=O)O[C@@]12CO[C@@H]1C[C@H](O)[C@@]1(C)C(=O)[C@H](O)C3=C(C)[C@@H](OC(=O)[C@H](O)[C@H](c4ccccc4)S(=O)c4ccccc4)C[C@@](O)([C@@H](OC(=O)c4ccccc4)[C@H]21)C3(C)C. The molecule has 0 radical (unpaired) electrons. The van der Waals surface area contributed by atoms with Gasteiger partial charge in [0.15, 0.2) is 17.5 Å². The standard InChI is InChI=1S/C44H48O13S/c1-24-29(55-40(51)34(48)35(26-15-9-6-10-16-26)58(53)28-19-13-8-14-20-28)22-44(52)38(56-39(50)27-17-11-7-12-18-27)36-42(5,37(49)33(47)32(24)41(44,3)4)30(46)21-31-43(36,23-54-31)57-25(2)45/h6-20,29-31,33-36,38,46-48,52H,21-23H2,1-5H3/t29-,30-,31+,33+,34+,35-,36-,38-,42+,43-,44+,58?/m0/s1. The number of ketones is 1. The lowest BCUT2D eigenvalue weighted by Gasteiger charge is -2.67. The molecule has 12 atom stereocenters. The highest BCUT2D eigenvalue weighted by atomic mass is 32.2. The number of fused-ring (bicyclic) bond motifs is 5. The summed E-state index contributed by atoms with van der Waals surface area (Å²) in [4.78, 5) is 56.5. The number of aliphatic hydroxyl groups excluding tert-OH is 3. The Morgan fingerprint density at radius 3 is 2.05 bits per heavy atom. The Morgan fingerprint density at radius 1 is 0.897 bits per heavy atom. The van der Waals surface area contributed by atoms with Crippen molar-refractivity contribution in [2.24, 2.45) is 16.7 Å². The summed E-state index contributed by atoms with van der Waals surface area (Å²) >= 11 is 0. The molecule has 1 unspecified atom stereocenters. The summed E-state index contributed by atoms with van der Waals surface area (Å²) in [5.74, 6) is -5.29. The second-order valence-corrected chi connectivity index (χ2v) is 18.1. The van der Waals surface area contributed by atoms with E-state index in [2.05, 4.69) is 0 Å². The topological polar surface area (TPSA) is 203 Å². The number of esters is 3. The molecule has 3 aromatic carbocycles. The van der Waals surface area contributed by atoms with Crippen LogP contribution < -0.4 is 0 Å². The van der Waals surface area contributed by atoms with Crippen molar-refractivity contribution in [3.63, 3.8) is 0 Å². The van der Waals surface area contributed by atoms with E-state index in [1.807, 2.05) is 0 Å². The van der Waals surface area contributed by atoms with Gasteiger partial charge in [-0.3, -0.25) is 13.8 Å². The first kappa shape index (κ1) is 41.6. The van der Waals surface area contributed by atoms with Gasteiger partial charge in [-0.1, -0.05) is 80.6 Å². The zero-order chi connectivity index (χ0) is 41.9. The molecule has 3 aliphatic carbocycles. The normalized spacial score (nSPS) is 34.1. The Hall–Kier alpha value is -4.57. The fraction of sp³-hybridized carbons (Fsp3) is 0.455. The fourth-order valence-corrected chi connectivity index (χ4v) is 11.3. The predicted molar refractivity (Wildman–Crippen MR) is 207 cm³/mol. The van der Waals surface area contributed by atoms with Gasteiger partial charge in [-0.15, -0.1) is 0 Å². The minimum absolute atomic E-state index is 0.0489. The van der Waals surface area contributed by atoms with Crippen molar-refractivity contribution in [2.45, 2.75) is 105 Å². The number of ether oxygens (including phenoxy) is 4. The highest BCUT2D eigenvalue weighted by molar-refractivity contribution is 7.85. The van der Waals surface area contributed by atoms with Crippen molar-refractivity contribution in [3.8, 4) is 0 Å². The fourth-order valence-electron chi connectivity index (χ4n) is 9.87. The molecule has 2 bridgehead atoms. The van der Waals surface area contributed by atoms with Crippen LogP contribution in [0.4, 0.5) is 0 Å². The highest BCUT2D eigenvalue weighted by Crippen LogP contribution is 2.64. The Balaban J connectivity index is 1.37. The molecule has 7 rings (SSSR count). The number of benzene rings is 3. The third kappa shape index (κ3) is 6.45. The van der Waals surface area contributed by atoms with Crippen LogP contribution in [0.5, 0.6) is 0 Å². The zero-order valence-electron chi connectivity index (χ0n) is 32.8. The number of aliphatic hydroxyl groups is 4. The van der Waals surface area contributed by atoms with Crippen molar-refractivity contribution < 1.29 is 62.8 Å². The van der Waals surface area contributed by atoms with E-state index < -0.39 is 111 Å². The average molecular weight is 817 g/mol. The summed E-state index contributed by atoms with van der Waals surface area (Å²) in [5, 5.41) is 48.0. The summed E-state index contributed by atoms with van der Waals surface area (Å²) < 4.78 is 38.3. The maximum atomic E-state index is 15.0. The Kier molecular flexibility index (Phi) is 10.9. The molecular weight excluding hydrogens is 769 g/mol. The third-order valence-corrected chi connectivity index (χ3v) is 14.8. The van der Waals surface area contributed by atoms with E-state index >= 15 is 0 Å². The molecule has 3 aromatic rings. The molecule has 58 heavy (non-hydrogen) atoms. The van der Waals surface area contributed by atoms with Gasteiger partial charge in [-0.05, 0) is 54.8 Å². The summed E-state index contributed by atoms with van der Waals surface area (Å²) in [7, 11) is -1.96. The van der Waals surface area contributed by atoms with Crippen LogP contribution in [-0.2, 0) is 44.1 Å². The number of hydrogen-bond acceptors (Lipinski definition) is 13. The number of carbonyl (C=O) groups excluding carboxylic acids is 4. The van der Waals surface area contributed by atoms with Crippen LogP contribution in [0, 0.1) is 16.7 Å². The monoisotopic (exact) mass is 816 g/mol. The molecule has 4 N–H and O–H groups in total. The van der Waals surface area contributed by atoms with E-state index in [4.69, 9.17) is 18.9 Å². The second-order valence-electron chi connectivity index (χ2n) is 16.5. The number of hydrogen-bond donors (Lipinski definition) is 4. The van der Waals surface area contributed by atoms with Gasteiger partial charge < -0.3 is 39.4 Å². The van der Waals surface area contributed by atoms with E-state index in [9.17, 15) is 43.8 Å². The average Bonchev–Trinajstić information content (AvgIpc) is 3.20. The lowest BCUT2D eigenvalue weighted by atomic mass is 9.44. The Morgan fingerprint density at radius 2 is 1.48 bits per heavy atom. The molecule has 0 aromatic heterocycles. The molecule has 1 saturated heterocycles. The van der Waals surface area contributed by atoms with Crippen LogP contribution in [0.25, 0.3) is 0 Å². The van der Waals surface area contributed by atoms with E-state index in [0.717, 1.165) is 6.92 Å². The van der Waals surface area contributed by atoms with Gasteiger partial charge >= 0.3 is 17.9 Å². The predicted octanol–water partition coefficient (Wildman–Crippen LogP) is 3.54. The van der Waals surface area contributed by atoms with Crippen molar-refractivity contribution in [3.05, 3.63) is 113 Å². The van der Waals surface area contributed by atoms with Gasteiger partial charge in [0.2, 0.25) is 0 Å². The van der Waals surface area contributed by atoms with Crippen LogP contribution in [0.3, 0.4) is 0 Å². The molecule has 3 fully saturated rings. The van der Waals surface area contributed by atoms with Crippen LogP contribution in [0.1, 0.15) is 68.6 Å². The summed E-state index contributed by atoms with van der Waals surface area (Å²) in [5.41, 5.74) is -7.09. The van der Waals surface area contributed by atoms with Crippen molar-refractivity contribution in [1.29, 1.82) is 0 Å². The maximum Gasteiger partial charge on any atom is 0.338 e. The van der Waals surface area contributed by atoms with Gasteiger partial charge in [-0.2, -0.15) is 0 Å². The zero-order valence-corrected chi connectivity index (χ0v) is 33.6. The molecule has 2 saturated carbocycles. The van der Waals surface area contributed by atoms with Crippen molar-refractivity contribution in [2.75, 3.05) is 6.61 Å². The van der Waals surface area contributed by atoms with E-state index in [0.29, 0.717) is 10.5 Å². The minimum atomic E-state index is -2.34. The molecule has 0 spiro atoms. The van der Waals surface area contributed by atoms with Crippen LogP contribution >= 0.6 is 0 Å². The Bertz CT molecular complexity index is 2140. The van der Waals surface area contributed by atoms with Gasteiger partial charge in [0.1, 0.15) is 35.3 Å². The van der Waals surface area contributed by atoms with E-state index in [1.54, 1.807) is 92.7 Å². The number of carbonyl (C=O) groups is 4. The second kappa shape index (κ2) is 15.2. The summed E-state index contributed by atoms with van der Waals surface area (Å²) in [6, 6.07) is 24.5. The Labute approximate surface area is 338 Å². The molecule has 0 amide bonds. The highest BCUT2D eigenvalue weighted by Gasteiger charge is 2.78. The summed E-state index contributed by atoms with van der Waals surface area (Å²) in [6.07, 6.45) is -10.4. The molecule has 1 aliphatic heterocycles. The molecule has 13 nitrogen and oxygen atoms in total. The largest absolute Gasteiger partial charge is 0.456 e. The van der Waals surface area contributed by atoms with Crippen LogP contribution in [0.15, 0.2) is 107 Å². The lowest BCUT2D eigenvalue weighted by molar-refractivity contribution is -0.346. The smallest absolute Gasteiger partial charge is 0.338 e.